The quantitative estimate of drug-likeness (QED) is 0.0907. The first kappa shape index (κ1) is 35.8. The number of Topliss-reactive ketones (excluding diaryl/α,β-unsaturated/α-hetero) is 1. The summed E-state index contributed by atoms with van der Waals surface area (Å²) in [5.74, 6) is -6.45. The minimum absolute atomic E-state index is 0.151. The van der Waals surface area contributed by atoms with Gasteiger partial charge in [-0.1, -0.05) is 104 Å². The first-order valence-electron chi connectivity index (χ1n) is 17.3. The van der Waals surface area contributed by atoms with Crippen LogP contribution in [-0.2, 0) is 19.1 Å². The Morgan fingerprint density at radius 3 is 2.13 bits per heavy atom. The van der Waals surface area contributed by atoms with Crippen molar-refractivity contribution in [2.24, 2.45) is 35.0 Å². The van der Waals surface area contributed by atoms with E-state index in [0.29, 0.717) is 24.0 Å². The van der Waals surface area contributed by atoms with Crippen molar-refractivity contribution in [2.45, 2.75) is 141 Å². The Labute approximate surface area is 268 Å². The SMILES string of the molecule is CCCCCCCCCCCCC(CC(=O)O)C(=O)O[C@@]12[C@H](O)[C@@H](C)[C@@]3(O)[C@@H](C=C(CO)C[C@]4(O)C(=O)C(C)=C[C@@H]34)[C@@H]1C2(C)C. The zero-order valence-electron chi connectivity index (χ0n) is 27.9. The van der Waals surface area contributed by atoms with Crippen LogP contribution in [-0.4, -0.2) is 72.8 Å². The maximum atomic E-state index is 13.7. The third-order valence-corrected chi connectivity index (χ3v) is 11.9. The maximum Gasteiger partial charge on any atom is 0.310 e. The van der Waals surface area contributed by atoms with Crippen LogP contribution in [0.4, 0.5) is 0 Å². The normalized spacial score (nSPS) is 37.0. The summed E-state index contributed by atoms with van der Waals surface area (Å²) in [5.41, 5.74) is -5.25. The molecule has 0 saturated heterocycles. The number of esters is 1. The molecule has 2 saturated carbocycles. The van der Waals surface area contributed by atoms with E-state index in [0.717, 1.165) is 19.3 Å². The number of aliphatic carboxylic acids is 1. The van der Waals surface area contributed by atoms with E-state index >= 15 is 0 Å². The van der Waals surface area contributed by atoms with Crippen LogP contribution in [0.15, 0.2) is 23.3 Å². The van der Waals surface area contributed by atoms with Gasteiger partial charge in [0.2, 0.25) is 0 Å². The molecule has 0 bridgehead atoms. The summed E-state index contributed by atoms with van der Waals surface area (Å²) in [7, 11) is 0. The molecule has 4 aliphatic rings. The summed E-state index contributed by atoms with van der Waals surface area (Å²) >= 11 is 0. The average molecular weight is 633 g/mol. The van der Waals surface area contributed by atoms with Crippen molar-refractivity contribution >= 4 is 17.7 Å². The van der Waals surface area contributed by atoms with Crippen LogP contribution in [0.5, 0.6) is 0 Å². The molecular weight excluding hydrogens is 576 g/mol. The molecule has 0 aromatic rings. The molecule has 5 N–H and O–H groups in total. The van der Waals surface area contributed by atoms with E-state index in [-0.39, 0.29) is 12.8 Å². The van der Waals surface area contributed by atoms with Crippen molar-refractivity contribution in [2.75, 3.05) is 6.61 Å². The van der Waals surface area contributed by atoms with Gasteiger partial charge in [0, 0.05) is 35.5 Å². The maximum absolute atomic E-state index is 13.7. The number of unbranched alkanes of at least 4 members (excludes halogenated alkanes) is 9. The second-order valence-corrected chi connectivity index (χ2v) is 15.1. The van der Waals surface area contributed by atoms with Crippen LogP contribution in [0.3, 0.4) is 0 Å². The van der Waals surface area contributed by atoms with Gasteiger partial charge in [-0.3, -0.25) is 14.4 Å². The Bertz CT molecular complexity index is 1190. The molecule has 45 heavy (non-hydrogen) atoms. The van der Waals surface area contributed by atoms with Crippen molar-refractivity contribution in [3.8, 4) is 0 Å². The Balaban J connectivity index is 1.51. The predicted octanol–water partition coefficient (Wildman–Crippen LogP) is 4.88. The number of carboxylic acid groups (broad SMARTS) is 1. The highest BCUT2D eigenvalue weighted by Gasteiger charge is 2.86. The lowest BCUT2D eigenvalue weighted by atomic mass is 9.59. The number of fused-ring (bicyclic) bond motifs is 5. The molecule has 254 valence electrons. The third-order valence-electron chi connectivity index (χ3n) is 11.9. The van der Waals surface area contributed by atoms with Gasteiger partial charge < -0.3 is 30.3 Å². The largest absolute Gasteiger partial charge is 0.481 e. The molecule has 0 radical (unpaired) electrons. The van der Waals surface area contributed by atoms with Crippen LogP contribution < -0.4 is 0 Å². The molecule has 0 aromatic heterocycles. The molecule has 9 heteroatoms. The molecule has 0 aliphatic heterocycles. The van der Waals surface area contributed by atoms with Gasteiger partial charge >= 0.3 is 11.9 Å². The lowest BCUT2D eigenvalue weighted by Gasteiger charge is -2.52. The number of hydrogen-bond donors (Lipinski definition) is 5. The van der Waals surface area contributed by atoms with Gasteiger partial charge in [0.1, 0.15) is 11.2 Å². The standard InChI is InChI=1S/C36H56O9/c1-6-7-8-9-10-11-12-13-14-15-16-25(19-28(38)39)32(42)45-36-29(33(36,4)5)26-18-24(21-37)20-34(43)27(17-22(2)30(34)40)35(26,44)23(3)31(36)41/h17-18,23,25-27,29,31,37,41,43-44H,6-16,19-21H2,1-5H3,(H,38,39)/t23-,25?,26+,27-,29-,31-,34-,35-,36-/m1/s1. The fraction of sp³-hybridized carbons (Fsp3) is 0.806. The van der Waals surface area contributed by atoms with E-state index in [4.69, 9.17) is 4.74 Å². The first-order valence-corrected chi connectivity index (χ1v) is 17.3. The van der Waals surface area contributed by atoms with Gasteiger partial charge in [0.25, 0.3) is 0 Å². The summed E-state index contributed by atoms with van der Waals surface area (Å²) in [4.78, 5) is 38.7. The van der Waals surface area contributed by atoms with E-state index in [9.17, 15) is 39.9 Å². The number of carbonyl (C=O) groups excluding carboxylic acids is 2. The van der Waals surface area contributed by atoms with Gasteiger partial charge in [0.15, 0.2) is 5.78 Å². The summed E-state index contributed by atoms with van der Waals surface area (Å²) in [5, 5.41) is 55.9. The summed E-state index contributed by atoms with van der Waals surface area (Å²) < 4.78 is 6.24. The number of aliphatic hydroxyl groups excluding tert-OH is 2. The van der Waals surface area contributed by atoms with E-state index in [1.54, 1.807) is 26.0 Å². The molecule has 9 atom stereocenters. The van der Waals surface area contributed by atoms with Gasteiger partial charge in [-0.15, -0.1) is 0 Å². The Kier molecular flexibility index (Phi) is 10.8. The molecule has 2 fully saturated rings. The number of rotatable bonds is 16. The fourth-order valence-electron chi connectivity index (χ4n) is 9.31. The number of carbonyl (C=O) groups is 3. The summed E-state index contributed by atoms with van der Waals surface area (Å²) in [6.45, 7) is 8.71. The Morgan fingerprint density at radius 2 is 1.58 bits per heavy atom. The van der Waals surface area contributed by atoms with Crippen LogP contribution in [0.25, 0.3) is 0 Å². The number of ketones is 1. The molecule has 9 nitrogen and oxygen atoms in total. The number of ether oxygens (including phenoxy) is 1. The highest BCUT2D eigenvalue weighted by Crippen LogP contribution is 2.76. The minimum Gasteiger partial charge on any atom is -0.481 e. The summed E-state index contributed by atoms with van der Waals surface area (Å²) in [6.07, 6.45) is 13.0. The van der Waals surface area contributed by atoms with Gasteiger partial charge in [0.05, 0.1) is 30.7 Å². The van der Waals surface area contributed by atoms with Crippen LogP contribution in [0.2, 0.25) is 0 Å². The average Bonchev–Trinajstić information content (AvgIpc) is 3.42. The molecule has 0 amide bonds. The number of hydrogen-bond acceptors (Lipinski definition) is 8. The van der Waals surface area contributed by atoms with Crippen molar-refractivity contribution in [3.05, 3.63) is 23.3 Å². The third kappa shape index (κ3) is 6.07. The van der Waals surface area contributed by atoms with Crippen LogP contribution in [0.1, 0.15) is 118 Å². The molecule has 4 rings (SSSR count). The smallest absolute Gasteiger partial charge is 0.310 e. The molecule has 0 spiro atoms. The van der Waals surface area contributed by atoms with Crippen molar-refractivity contribution in [1.29, 1.82) is 0 Å². The number of aliphatic hydroxyl groups is 4. The predicted molar refractivity (Wildman–Crippen MR) is 169 cm³/mol. The lowest BCUT2D eigenvalue weighted by Crippen LogP contribution is -2.65. The zero-order chi connectivity index (χ0) is 33.4. The molecule has 4 aliphatic carbocycles. The van der Waals surface area contributed by atoms with E-state index in [2.05, 4.69) is 6.92 Å². The topological polar surface area (TPSA) is 162 Å². The lowest BCUT2D eigenvalue weighted by molar-refractivity contribution is -0.221. The monoisotopic (exact) mass is 632 g/mol. The van der Waals surface area contributed by atoms with Gasteiger partial charge in [-0.05, 0) is 24.5 Å². The van der Waals surface area contributed by atoms with Crippen molar-refractivity contribution in [3.63, 3.8) is 0 Å². The zero-order valence-corrected chi connectivity index (χ0v) is 27.9. The molecule has 1 unspecified atom stereocenters. The van der Waals surface area contributed by atoms with Crippen molar-refractivity contribution in [1.82, 2.24) is 0 Å². The highest BCUT2D eigenvalue weighted by molar-refractivity contribution is 6.04. The van der Waals surface area contributed by atoms with E-state index < -0.39 is 82.2 Å². The van der Waals surface area contributed by atoms with E-state index in [1.165, 1.54) is 38.5 Å². The number of carboxylic acids is 1. The minimum atomic E-state index is -1.96. The first-order chi connectivity index (χ1) is 21.1. The second kappa shape index (κ2) is 13.6. The van der Waals surface area contributed by atoms with Crippen LogP contribution >= 0.6 is 0 Å². The fourth-order valence-corrected chi connectivity index (χ4v) is 9.31. The summed E-state index contributed by atoms with van der Waals surface area (Å²) in [6, 6.07) is 0. The second-order valence-electron chi connectivity index (χ2n) is 15.1. The Hall–Kier alpha value is -2.07. The van der Waals surface area contributed by atoms with Gasteiger partial charge in [-0.25, -0.2) is 0 Å². The van der Waals surface area contributed by atoms with Crippen molar-refractivity contribution < 1.29 is 44.7 Å². The van der Waals surface area contributed by atoms with Gasteiger partial charge in [-0.2, -0.15) is 0 Å². The molecule has 0 heterocycles. The highest BCUT2D eigenvalue weighted by atomic mass is 16.6. The molecule has 0 aromatic carbocycles. The van der Waals surface area contributed by atoms with Crippen LogP contribution in [0, 0.1) is 35.0 Å². The molecular formula is C36H56O9. The van der Waals surface area contributed by atoms with E-state index in [1.807, 2.05) is 13.8 Å². The Morgan fingerprint density at radius 1 is 1.00 bits per heavy atom.